The van der Waals surface area contributed by atoms with Crippen molar-refractivity contribution < 1.29 is 0 Å². The van der Waals surface area contributed by atoms with Crippen LogP contribution in [0.5, 0.6) is 0 Å². The van der Waals surface area contributed by atoms with Crippen LogP contribution in [0.25, 0.3) is 0 Å². The van der Waals surface area contributed by atoms with Crippen LogP contribution >= 0.6 is 0 Å². The van der Waals surface area contributed by atoms with E-state index in [2.05, 4.69) is 49.6 Å². The second-order valence-electron chi connectivity index (χ2n) is 4.65. The highest BCUT2D eigenvalue weighted by molar-refractivity contribution is 5.33. The molecule has 17 heavy (non-hydrogen) atoms. The molecule has 0 saturated carbocycles. The second-order valence-corrected chi connectivity index (χ2v) is 4.65. The number of aryl methyl sites for hydroxylation is 2. The molecule has 1 aromatic carbocycles. The average molecular weight is 234 g/mol. The van der Waals surface area contributed by atoms with Crippen LogP contribution in [0.1, 0.15) is 36.5 Å². The largest absolute Gasteiger partial charge is 0.317 e. The van der Waals surface area contributed by atoms with Gasteiger partial charge in [0.25, 0.3) is 0 Å². The Bertz CT molecular complexity index is 300. The molecule has 0 unspecified atom stereocenters. The van der Waals surface area contributed by atoms with Gasteiger partial charge >= 0.3 is 0 Å². The van der Waals surface area contributed by atoms with Crippen molar-refractivity contribution in [2.24, 2.45) is 0 Å². The molecule has 2 N–H and O–H groups in total. The summed E-state index contributed by atoms with van der Waals surface area (Å²) >= 11 is 0. The lowest BCUT2D eigenvalue weighted by Crippen LogP contribution is -2.22. The third-order valence-electron chi connectivity index (χ3n) is 3.08. The van der Waals surface area contributed by atoms with E-state index >= 15 is 0 Å². The maximum Gasteiger partial charge on any atom is 0.0210 e. The summed E-state index contributed by atoms with van der Waals surface area (Å²) in [4.78, 5) is 0. The molecule has 0 amide bonds. The van der Waals surface area contributed by atoms with Crippen molar-refractivity contribution >= 4 is 0 Å². The van der Waals surface area contributed by atoms with Crippen LogP contribution in [0.2, 0.25) is 0 Å². The van der Waals surface area contributed by atoms with E-state index in [0.717, 1.165) is 26.2 Å². The molecule has 1 rings (SSSR count). The third-order valence-corrected chi connectivity index (χ3v) is 3.08. The van der Waals surface area contributed by atoms with E-state index in [-0.39, 0.29) is 0 Å². The number of rotatable bonds is 8. The molecule has 0 saturated heterocycles. The molecular weight excluding hydrogens is 208 g/mol. The minimum atomic E-state index is 0.992. The summed E-state index contributed by atoms with van der Waals surface area (Å²) in [6, 6.07) is 6.50. The molecule has 0 fully saturated rings. The molecule has 0 aromatic heterocycles. The second kappa shape index (κ2) is 8.26. The van der Waals surface area contributed by atoms with Gasteiger partial charge in [0.05, 0.1) is 0 Å². The quantitative estimate of drug-likeness (QED) is 0.676. The Balaban J connectivity index is 2.18. The van der Waals surface area contributed by atoms with E-state index < -0.39 is 0 Å². The van der Waals surface area contributed by atoms with Gasteiger partial charge in [0.2, 0.25) is 0 Å². The first-order valence-corrected chi connectivity index (χ1v) is 6.72. The van der Waals surface area contributed by atoms with Gasteiger partial charge < -0.3 is 10.6 Å². The predicted molar refractivity (Wildman–Crippen MR) is 75.4 cm³/mol. The summed E-state index contributed by atoms with van der Waals surface area (Å²) in [5.74, 6) is 0. The molecule has 0 radical (unpaired) electrons. The molecule has 0 bridgehead atoms. The van der Waals surface area contributed by atoms with Crippen LogP contribution < -0.4 is 10.6 Å². The van der Waals surface area contributed by atoms with Crippen LogP contribution in [0.3, 0.4) is 0 Å². The topological polar surface area (TPSA) is 24.1 Å². The highest BCUT2D eigenvalue weighted by Crippen LogP contribution is 2.12. The normalized spacial score (nSPS) is 10.8. The Labute approximate surface area is 106 Å². The molecule has 0 atom stereocenters. The van der Waals surface area contributed by atoms with E-state index in [4.69, 9.17) is 0 Å². The highest BCUT2D eigenvalue weighted by atomic mass is 14.9. The molecule has 0 aliphatic heterocycles. The molecule has 0 spiro atoms. The van der Waals surface area contributed by atoms with E-state index in [1.165, 1.54) is 29.5 Å². The van der Waals surface area contributed by atoms with Crippen molar-refractivity contribution in [3.63, 3.8) is 0 Å². The Morgan fingerprint density at radius 2 is 1.59 bits per heavy atom. The van der Waals surface area contributed by atoms with Gasteiger partial charge in [-0.2, -0.15) is 0 Å². The van der Waals surface area contributed by atoms with Crippen LogP contribution in [0.4, 0.5) is 0 Å². The van der Waals surface area contributed by atoms with Crippen molar-refractivity contribution in [3.8, 4) is 0 Å². The van der Waals surface area contributed by atoms with Crippen molar-refractivity contribution in [1.82, 2.24) is 10.6 Å². The number of nitrogens with one attached hydrogen (secondary N) is 2. The van der Waals surface area contributed by atoms with E-state index in [0.29, 0.717) is 0 Å². The van der Waals surface area contributed by atoms with Gasteiger partial charge in [0.15, 0.2) is 0 Å². The lowest BCUT2D eigenvalue weighted by atomic mass is 10.0. The van der Waals surface area contributed by atoms with Gasteiger partial charge in [0.1, 0.15) is 0 Å². The first kappa shape index (κ1) is 14.2. The minimum Gasteiger partial charge on any atom is -0.317 e. The summed E-state index contributed by atoms with van der Waals surface area (Å²) in [5.41, 5.74) is 4.23. The van der Waals surface area contributed by atoms with Crippen molar-refractivity contribution in [2.75, 3.05) is 19.6 Å². The lowest BCUT2D eigenvalue weighted by molar-refractivity contribution is 0.591. The SMILES string of the molecule is CCCNCCCNCc1c(C)cccc1C. The summed E-state index contributed by atoms with van der Waals surface area (Å²) in [6.45, 7) is 10.9. The van der Waals surface area contributed by atoms with Crippen molar-refractivity contribution in [1.29, 1.82) is 0 Å². The summed E-state index contributed by atoms with van der Waals surface area (Å²) in [7, 11) is 0. The number of hydrogen-bond donors (Lipinski definition) is 2. The standard InChI is InChI=1S/C15H26N2/c1-4-9-16-10-6-11-17-12-15-13(2)7-5-8-14(15)3/h5,7-8,16-17H,4,6,9-12H2,1-3H3. The van der Waals surface area contributed by atoms with Crippen molar-refractivity contribution in [2.45, 2.75) is 40.2 Å². The van der Waals surface area contributed by atoms with E-state index in [1.54, 1.807) is 0 Å². The predicted octanol–water partition coefficient (Wildman–Crippen LogP) is 2.78. The average Bonchev–Trinajstić information content (AvgIpc) is 2.31. The van der Waals surface area contributed by atoms with E-state index in [9.17, 15) is 0 Å². The molecule has 2 nitrogen and oxygen atoms in total. The Kier molecular flexibility index (Phi) is 6.90. The maximum atomic E-state index is 3.52. The zero-order valence-electron chi connectivity index (χ0n) is 11.5. The van der Waals surface area contributed by atoms with Gasteiger partial charge in [0, 0.05) is 6.54 Å². The van der Waals surface area contributed by atoms with E-state index in [1.807, 2.05) is 0 Å². The smallest absolute Gasteiger partial charge is 0.0210 e. The lowest BCUT2D eigenvalue weighted by Gasteiger charge is -2.11. The summed E-state index contributed by atoms with van der Waals surface area (Å²) in [6.07, 6.45) is 2.42. The van der Waals surface area contributed by atoms with Gasteiger partial charge in [-0.05, 0) is 63.0 Å². The minimum absolute atomic E-state index is 0.992. The van der Waals surface area contributed by atoms with Crippen LogP contribution in [-0.4, -0.2) is 19.6 Å². The maximum absolute atomic E-state index is 3.52. The number of benzene rings is 1. The van der Waals surface area contributed by atoms with Gasteiger partial charge in [-0.25, -0.2) is 0 Å². The first-order valence-electron chi connectivity index (χ1n) is 6.72. The molecule has 2 heteroatoms. The fourth-order valence-electron chi connectivity index (χ4n) is 1.98. The molecule has 96 valence electrons. The van der Waals surface area contributed by atoms with Gasteiger partial charge in [-0.15, -0.1) is 0 Å². The van der Waals surface area contributed by atoms with Crippen LogP contribution in [0, 0.1) is 13.8 Å². The summed E-state index contributed by atoms with van der Waals surface area (Å²) < 4.78 is 0. The van der Waals surface area contributed by atoms with Gasteiger partial charge in [-0.1, -0.05) is 25.1 Å². The molecule has 1 aromatic rings. The molecule has 0 aliphatic rings. The van der Waals surface area contributed by atoms with Crippen molar-refractivity contribution in [3.05, 3.63) is 34.9 Å². The fraction of sp³-hybridized carbons (Fsp3) is 0.600. The zero-order chi connectivity index (χ0) is 12.5. The molecular formula is C15H26N2. The molecule has 0 heterocycles. The monoisotopic (exact) mass is 234 g/mol. The number of hydrogen-bond acceptors (Lipinski definition) is 2. The Morgan fingerprint density at radius 3 is 2.24 bits per heavy atom. The van der Waals surface area contributed by atoms with Crippen LogP contribution in [0.15, 0.2) is 18.2 Å². The van der Waals surface area contributed by atoms with Crippen LogP contribution in [-0.2, 0) is 6.54 Å². The Hall–Kier alpha value is -0.860. The summed E-state index contributed by atoms with van der Waals surface area (Å²) in [5, 5.41) is 6.94. The molecule has 0 aliphatic carbocycles. The zero-order valence-corrected chi connectivity index (χ0v) is 11.5. The fourth-order valence-corrected chi connectivity index (χ4v) is 1.98. The highest BCUT2D eigenvalue weighted by Gasteiger charge is 2.00. The first-order chi connectivity index (χ1) is 8.25. The third kappa shape index (κ3) is 5.33. The Morgan fingerprint density at radius 1 is 0.941 bits per heavy atom. The van der Waals surface area contributed by atoms with Gasteiger partial charge in [-0.3, -0.25) is 0 Å².